The van der Waals surface area contributed by atoms with Gasteiger partial charge in [0.2, 0.25) is 5.91 Å². The number of carbonyl (C=O) groups is 3. The Morgan fingerprint density at radius 2 is 1.60 bits per heavy atom. The monoisotopic (exact) mass is 435 g/mol. The molecule has 0 saturated carbocycles. The minimum absolute atomic E-state index is 0.0524. The number of nitrogens with two attached hydrogens (primary N) is 1. The van der Waals surface area contributed by atoms with Crippen LogP contribution in [0.4, 0.5) is 11.4 Å². The van der Waals surface area contributed by atoms with E-state index in [4.69, 9.17) is 10.5 Å². The number of primary amides is 1. The highest BCUT2D eigenvalue weighted by molar-refractivity contribution is 7.92. The van der Waals surface area contributed by atoms with Gasteiger partial charge in [0, 0.05) is 19.7 Å². The largest absolute Gasteiger partial charge is 0.482 e. The number of hydrogen-bond acceptors (Lipinski definition) is 7. The van der Waals surface area contributed by atoms with E-state index in [1.54, 1.807) is 0 Å². The van der Waals surface area contributed by atoms with E-state index in [9.17, 15) is 22.8 Å². The lowest BCUT2D eigenvalue weighted by Gasteiger charge is -2.20. The minimum Gasteiger partial charge on any atom is -0.482 e. The van der Waals surface area contributed by atoms with Gasteiger partial charge in [0.25, 0.3) is 15.9 Å². The number of amides is 2. The van der Waals surface area contributed by atoms with Crippen molar-refractivity contribution in [1.29, 1.82) is 0 Å². The first-order valence-corrected chi connectivity index (χ1v) is 10.1. The minimum atomic E-state index is -3.83. The first-order chi connectivity index (χ1) is 14.1. The summed E-state index contributed by atoms with van der Waals surface area (Å²) in [6.45, 7) is 0.396. The number of benzene rings is 2. The van der Waals surface area contributed by atoms with Crippen molar-refractivity contribution >= 4 is 39.2 Å². The van der Waals surface area contributed by atoms with Gasteiger partial charge in [0.1, 0.15) is 5.75 Å². The number of nitrogens with zero attached hydrogens (tertiary/aromatic N) is 1. The maximum absolute atomic E-state index is 12.8. The maximum Gasteiger partial charge on any atom is 0.344 e. The van der Waals surface area contributed by atoms with E-state index in [1.165, 1.54) is 62.5 Å². The van der Waals surface area contributed by atoms with E-state index in [1.807, 2.05) is 0 Å². The Morgan fingerprint density at radius 3 is 2.13 bits per heavy atom. The number of hydrogen-bond donors (Lipinski definition) is 2. The summed E-state index contributed by atoms with van der Waals surface area (Å²) in [7, 11) is -2.43. The summed E-state index contributed by atoms with van der Waals surface area (Å²) in [5.74, 6) is -1.49. The van der Waals surface area contributed by atoms with Crippen LogP contribution in [-0.2, 0) is 29.1 Å². The summed E-state index contributed by atoms with van der Waals surface area (Å²) in [6, 6.07) is 11.8. The smallest absolute Gasteiger partial charge is 0.344 e. The molecule has 10 nitrogen and oxygen atoms in total. The predicted molar refractivity (Wildman–Crippen MR) is 108 cm³/mol. The third-order valence-corrected chi connectivity index (χ3v) is 5.57. The molecule has 2 aromatic rings. The van der Waals surface area contributed by atoms with Crippen molar-refractivity contribution in [1.82, 2.24) is 0 Å². The van der Waals surface area contributed by atoms with Crippen molar-refractivity contribution in [3.8, 4) is 5.75 Å². The van der Waals surface area contributed by atoms with Gasteiger partial charge in [0.15, 0.2) is 13.2 Å². The molecule has 0 saturated heterocycles. The molecule has 0 atom stereocenters. The SMILES string of the molecule is CC(=O)Nc1ccc(S(=O)(=O)N(C)c2ccc(OCC(=O)OCC(N)=O)cc2)cc1. The molecule has 2 amide bonds. The molecular formula is C19H21N3O7S. The van der Waals surface area contributed by atoms with Gasteiger partial charge < -0.3 is 20.5 Å². The number of ether oxygens (including phenoxy) is 2. The van der Waals surface area contributed by atoms with Crippen LogP contribution >= 0.6 is 0 Å². The first kappa shape index (κ1) is 22.7. The van der Waals surface area contributed by atoms with Gasteiger partial charge in [-0.3, -0.25) is 13.9 Å². The van der Waals surface area contributed by atoms with Crippen LogP contribution in [0.15, 0.2) is 53.4 Å². The molecule has 3 N–H and O–H groups in total. The second kappa shape index (κ2) is 9.74. The Hall–Kier alpha value is -3.60. The average Bonchev–Trinajstić information content (AvgIpc) is 2.70. The topological polar surface area (TPSA) is 145 Å². The fourth-order valence-electron chi connectivity index (χ4n) is 2.30. The van der Waals surface area contributed by atoms with Crippen LogP contribution in [-0.4, -0.2) is 46.5 Å². The Labute approximate surface area is 173 Å². The summed E-state index contributed by atoms with van der Waals surface area (Å²) in [5, 5.41) is 2.57. The zero-order chi connectivity index (χ0) is 22.3. The molecule has 160 valence electrons. The number of carbonyl (C=O) groups excluding carboxylic acids is 3. The molecular weight excluding hydrogens is 414 g/mol. The van der Waals surface area contributed by atoms with Crippen molar-refractivity contribution in [3.63, 3.8) is 0 Å². The molecule has 0 aliphatic carbocycles. The fraction of sp³-hybridized carbons (Fsp3) is 0.211. The van der Waals surface area contributed by atoms with E-state index in [-0.39, 0.29) is 10.8 Å². The number of nitrogens with one attached hydrogen (secondary N) is 1. The third kappa shape index (κ3) is 6.21. The van der Waals surface area contributed by atoms with Gasteiger partial charge in [-0.2, -0.15) is 0 Å². The molecule has 0 unspecified atom stereocenters. The first-order valence-electron chi connectivity index (χ1n) is 8.63. The number of anilines is 2. The van der Waals surface area contributed by atoms with Crippen molar-refractivity contribution in [2.24, 2.45) is 5.73 Å². The van der Waals surface area contributed by atoms with Gasteiger partial charge >= 0.3 is 5.97 Å². The van der Waals surface area contributed by atoms with Gasteiger partial charge in [-0.25, -0.2) is 13.2 Å². The van der Waals surface area contributed by atoms with E-state index in [2.05, 4.69) is 10.1 Å². The molecule has 30 heavy (non-hydrogen) atoms. The standard InChI is InChI=1S/C19H21N3O7S/c1-13(23)21-14-3-9-17(10-4-14)30(26,27)22(2)15-5-7-16(8-6-15)28-12-19(25)29-11-18(20)24/h3-10H,11-12H2,1-2H3,(H2,20,24)(H,21,23). The highest BCUT2D eigenvalue weighted by atomic mass is 32.2. The molecule has 2 rings (SSSR count). The Bertz CT molecular complexity index is 1020. The van der Waals surface area contributed by atoms with Crippen LogP contribution in [0, 0.1) is 0 Å². The Kier molecular flexibility index (Phi) is 7.37. The van der Waals surface area contributed by atoms with Crippen LogP contribution in [0.5, 0.6) is 5.75 Å². The quantitative estimate of drug-likeness (QED) is 0.556. The van der Waals surface area contributed by atoms with Crippen molar-refractivity contribution in [2.45, 2.75) is 11.8 Å². The molecule has 0 heterocycles. The zero-order valence-electron chi connectivity index (χ0n) is 16.3. The van der Waals surface area contributed by atoms with Crippen molar-refractivity contribution in [2.75, 3.05) is 29.9 Å². The molecule has 0 aliphatic heterocycles. The Balaban J connectivity index is 2.03. The summed E-state index contributed by atoms with van der Waals surface area (Å²) < 4.78 is 36.5. The normalized spacial score (nSPS) is 10.7. The molecule has 0 radical (unpaired) electrons. The summed E-state index contributed by atoms with van der Waals surface area (Å²) in [4.78, 5) is 33.1. The molecule has 2 aromatic carbocycles. The molecule has 0 spiro atoms. The van der Waals surface area contributed by atoms with Crippen LogP contribution in [0.1, 0.15) is 6.92 Å². The van der Waals surface area contributed by atoms with Gasteiger partial charge in [-0.05, 0) is 48.5 Å². The van der Waals surface area contributed by atoms with Crippen LogP contribution in [0.3, 0.4) is 0 Å². The summed E-state index contributed by atoms with van der Waals surface area (Å²) in [6.07, 6.45) is 0. The van der Waals surface area contributed by atoms with E-state index in [0.717, 1.165) is 4.31 Å². The van der Waals surface area contributed by atoms with Crippen LogP contribution in [0.2, 0.25) is 0 Å². The van der Waals surface area contributed by atoms with Gasteiger partial charge in [-0.1, -0.05) is 0 Å². The number of esters is 1. The molecule has 0 aromatic heterocycles. The second-order valence-electron chi connectivity index (χ2n) is 6.09. The maximum atomic E-state index is 12.8. The zero-order valence-corrected chi connectivity index (χ0v) is 17.1. The number of sulfonamides is 1. The summed E-state index contributed by atoms with van der Waals surface area (Å²) >= 11 is 0. The molecule has 11 heteroatoms. The highest BCUT2D eigenvalue weighted by Crippen LogP contribution is 2.25. The van der Waals surface area contributed by atoms with Crippen LogP contribution in [0.25, 0.3) is 0 Å². The van der Waals surface area contributed by atoms with E-state index >= 15 is 0 Å². The van der Waals surface area contributed by atoms with Crippen LogP contribution < -0.4 is 20.1 Å². The number of rotatable bonds is 9. The molecule has 0 fully saturated rings. The third-order valence-electron chi connectivity index (χ3n) is 3.77. The van der Waals surface area contributed by atoms with E-state index < -0.39 is 35.1 Å². The lowest BCUT2D eigenvalue weighted by Crippen LogP contribution is -2.26. The van der Waals surface area contributed by atoms with E-state index in [0.29, 0.717) is 17.1 Å². The average molecular weight is 435 g/mol. The lowest BCUT2D eigenvalue weighted by atomic mass is 10.3. The van der Waals surface area contributed by atoms with Crippen molar-refractivity contribution in [3.05, 3.63) is 48.5 Å². The summed E-state index contributed by atoms with van der Waals surface area (Å²) in [5.41, 5.74) is 5.72. The van der Waals surface area contributed by atoms with Gasteiger partial charge in [0.05, 0.1) is 10.6 Å². The molecule has 0 bridgehead atoms. The predicted octanol–water partition coefficient (Wildman–Crippen LogP) is 0.877. The lowest BCUT2D eigenvalue weighted by molar-refractivity contribution is -0.149. The highest BCUT2D eigenvalue weighted by Gasteiger charge is 2.21. The fourth-order valence-corrected chi connectivity index (χ4v) is 3.49. The van der Waals surface area contributed by atoms with Gasteiger partial charge in [-0.15, -0.1) is 0 Å². The second-order valence-corrected chi connectivity index (χ2v) is 8.06. The van der Waals surface area contributed by atoms with Crippen molar-refractivity contribution < 1.29 is 32.3 Å². The Morgan fingerprint density at radius 1 is 1.00 bits per heavy atom. The molecule has 0 aliphatic rings.